The molecular formula is C22H17Cl3N4O5S2. The van der Waals surface area contributed by atoms with Crippen LogP contribution in [-0.2, 0) is 21.2 Å². The number of halogens is 3. The predicted molar refractivity (Wildman–Crippen MR) is 141 cm³/mol. The molecule has 4 N–H and O–H groups in total. The molecule has 1 atom stereocenters. The van der Waals surface area contributed by atoms with Gasteiger partial charge in [0.25, 0.3) is 15.9 Å². The van der Waals surface area contributed by atoms with Crippen molar-refractivity contribution in [3.8, 4) is 0 Å². The van der Waals surface area contributed by atoms with Gasteiger partial charge in [-0.15, -0.1) is 0 Å². The molecular weight excluding hydrogens is 571 g/mol. The Bertz CT molecular complexity index is 1440. The predicted octanol–water partition coefficient (Wildman–Crippen LogP) is 4.54. The largest absolute Gasteiger partial charge is 0.480 e. The number of carboxylic acid groups (broad SMARTS) is 1. The van der Waals surface area contributed by atoms with Crippen molar-refractivity contribution in [2.24, 2.45) is 0 Å². The van der Waals surface area contributed by atoms with Gasteiger partial charge in [0.15, 0.2) is 0 Å². The van der Waals surface area contributed by atoms with E-state index in [1.54, 1.807) is 22.6 Å². The number of carbonyl (C=O) groups is 2. The fraction of sp³-hybridized carbons (Fsp3) is 0.0909. The highest BCUT2D eigenvalue weighted by atomic mass is 35.5. The monoisotopic (exact) mass is 586 g/mol. The number of carbonyl (C=O) groups excluding carboxylic acids is 1. The zero-order valence-corrected chi connectivity index (χ0v) is 21.9. The molecule has 2 heterocycles. The summed E-state index contributed by atoms with van der Waals surface area (Å²) in [6.45, 7) is 0. The van der Waals surface area contributed by atoms with Gasteiger partial charge in [0.2, 0.25) is 0 Å². The Balaban J connectivity index is 1.59. The van der Waals surface area contributed by atoms with Crippen LogP contribution in [0.5, 0.6) is 0 Å². The first-order valence-electron chi connectivity index (χ1n) is 10.2. The molecule has 2 aliphatic rings. The molecule has 1 amide bonds. The Morgan fingerprint density at radius 1 is 1.11 bits per heavy atom. The van der Waals surface area contributed by atoms with Crippen LogP contribution < -0.4 is 14.8 Å². The van der Waals surface area contributed by atoms with Gasteiger partial charge >= 0.3 is 5.97 Å². The maximum Gasteiger partial charge on any atom is 0.326 e. The van der Waals surface area contributed by atoms with Gasteiger partial charge in [0.1, 0.15) is 10.9 Å². The van der Waals surface area contributed by atoms with Crippen LogP contribution >= 0.6 is 46.9 Å². The van der Waals surface area contributed by atoms with E-state index in [0.29, 0.717) is 16.3 Å². The van der Waals surface area contributed by atoms with Crippen molar-refractivity contribution in [1.82, 2.24) is 14.3 Å². The molecule has 188 valence electrons. The third-order valence-electron chi connectivity index (χ3n) is 5.09. The number of fused-ring (bicyclic) bond motifs is 1. The summed E-state index contributed by atoms with van der Waals surface area (Å²) >= 11 is 19.2. The maximum absolute atomic E-state index is 13.2. The van der Waals surface area contributed by atoms with Crippen molar-refractivity contribution in [2.45, 2.75) is 12.5 Å². The van der Waals surface area contributed by atoms with E-state index in [9.17, 15) is 23.1 Å². The quantitative estimate of drug-likeness (QED) is 0.332. The van der Waals surface area contributed by atoms with Crippen LogP contribution in [0.4, 0.5) is 5.69 Å². The van der Waals surface area contributed by atoms with Crippen molar-refractivity contribution in [1.29, 1.82) is 0 Å². The molecule has 0 fully saturated rings. The van der Waals surface area contributed by atoms with E-state index in [4.69, 9.17) is 34.8 Å². The van der Waals surface area contributed by atoms with Crippen LogP contribution in [0.3, 0.4) is 0 Å². The maximum atomic E-state index is 13.2. The summed E-state index contributed by atoms with van der Waals surface area (Å²) in [4.78, 5) is 24.9. The van der Waals surface area contributed by atoms with Gasteiger partial charge in [-0.3, -0.25) is 13.8 Å². The molecule has 9 nitrogen and oxygen atoms in total. The molecule has 0 saturated heterocycles. The summed E-state index contributed by atoms with van der Waals surface area (Å²) in [5.74, 6) is -2.10. The number of hydrogen-bond donors (Lipinski definition) is 4. The zero-order chi connectivity index (χ0) is 26.0. The van der Waals surface area contributed by atoms with E-state index in [1.807, 2.05) is 0 Å². The smallest absolute Gasteiger partial charge is 0.326 e. The Morgan fingerprint density at radius 2 is 1.89 bits per heavy atom. The SMILES string of the molecule is O=C(N[C@H](Cc1ccc(Cl)c(Cl)c1)C(=O)O)c1ccc(Cl)cc1NS(=O)(=O)C1=CC=CN2SNC=C12. The van der Waals surface area contributed by atoms with E-state index >= 15 is 0 Å². The van der Waals surface area contributed by atoms with Gasteiger partial charge < -0.3 is 15.1 Å². The molecule has 2 aromatic rings. The van der Waals surface area contributed by atoms with Gasteiger partial charge in [0.05, 0.1) is 39.1 Å². The van der Waals surface area contributed by atoms with Crippen LogP contribution in [-0.4, -0.2) is 35.7 Å². The van der Waals surface area contributed by atoms with E-state index < -0.39 is 27.9 Å². The van der Waals surface area contributed by atoms with Crippen LogP contribution in [0.2, 0.25) is 15.1 Å². The summed E-state index contributed by atoms with van der Waals surface area (Å²) < 4.78 is 33.3. The highest BCUT2D eigenvalue weighted by Gasteiger charge is 2.31. The van der Waals surface area contributed by atoms with Gasteiger partial charge in [-0.1, -0.05) is 40.9 Å². The van der Waals surface area contributed by atoms with Gasteiger partial charge in [-0.05, 0) is 48.0 Å². The van der Waals surface area contributed by atoms with Crippen molar-refractivity contribution < 1.29 is 23.1 Å². The molecule has 0 aliphatic carbocycles. The number of allylic oxidation sites excluding steroid dienone is 2. The van der Waals surface area contributed by atoms with E-state index in [0.717, 1.165) is 0 Å². The highest BCUT2D eigenvalue weighted by molar-refractivity contribution is 7.97. The minimum absolute atomic E-state index is 0.0307. The molecule has 4 rings (SSSR count). The number of hydrogen-bond acceptors (Lipinski definition) is 7. The average molecular weight is 588 g/mol. The number of nitrogens with zero attached hydrogens (tertiary/aromatic N) is 1. The number of nitrogens with one attached hydrogen (secondary N) is 3. The Labute approximate surface area is 226 Å². The summed E-state index contributed by atoms with van der Waals surface area (Å²) in [7, 11) is -4.15. The van der Waals surface area contributed by atoms with Crippen LogP contribution in [0.15, 0.2) is 71.6 Å². The van der Waals surface area contributed by atoms with Gasteiger partial charge in [-0.2, -0.15) is 0 Å². The molecule has 36 heavy (non-hydrogen) atoms. The van der Waals surface area contributed by atoms with Gasteiger partial charge in [0, 0.05) is 23.8 Å². The second kappa shape index (κ2) is 10.7. The first-order valence-corrected chi connectivity index (χ1v) is 13.5. The normalized spacial score (nSPS) is 15.4. The zero-order valence-electron chi connectivity index (χ0n) is 18.0. The van der Waals surface area contributed by atoms with Crippen LogP contribution in [0, 0.1) is 0 Å². The third-order valence-corrected chi connectivity index (χ3v) is 8.22. The lowest BCUT2D eigenvalue weighted by Crippen LogP contribution is -2.42. The van der Waals surface area contributed by atoms with E-state index in [-0.39, 0.29) is 32.6 Å². The lowest BCUT2D eigenvalue weighted by molar-refractivity contribution is -0.139. The minimum atomic E-state index is -4.15. The fourth-order valence-electron chi connectivity index (χ4n) is 3.40. The van der Waals surface area contributed by atoms with E-state index in [1.165, 1.54) is 54.7 Å². The fourth-order valence-corrected chi connectivity index (χ4v) is 5.87. The standard InChI is InChI=1S/C22H17Cl3N4O5S2/c23-13-4-5-14(21(30)27-18(22(31)32)9-12-3-6-15(24)16(25)8-12)17(10-13)28-36(33,34)20-2-1-7-29-19(20)11-26-35-29/h1-8,10-11,18,26,28H,9H2,(H,27,30)(H,31,32)/t18-/m1/s1. The number of rotatable bonds is 8. The molecule has 0 bridgehead atoms. The Kier molecular flexibility index (Phi) is 7.76. The first kappa shape index (κ1) is 26.2. The summed E-state index contributed by atoms with van der Waals surface area (Å²) in [5.41, 5.74) is 0.711. The number of benzene rings is 2. The Hall–Kier alpha value is -2.83. The second-order valence-electron chi connectivity index (χ2n) is 7.55. The van der Waals surface area contributed by atoms with Crippen LogP contribution in [0.1, 0.15) is 15.9 Å². The third kappa shape index (κ3) is 5.76. The molecule has 0 radical (unpaired) electrons. The summed E-state index contributed by atoms with van der Waals surface area (Å²) in [6.07, 6.45) is 6.12. The molecule has 2 aromatic carbocycles. The topological polar surface area (TPSA) is 128 Å². The Morgan fingerprint density at radius 3 is 2.61 bits per heavy atom. The van der Waals surface area contributed by atoms with E-state index in [2.05, 4.69) is 14.8 Å². The number of sulfonamides is 1. The molecule has 14 heteroatoms. The van der Waals surface area contributed by atoms with Crippen molar-refractivity contribution >= 4 is 74.5 Å². The molecule has 0 saturated carbocycles. The van der Waals surface area contributed by atoms with Gasteiger partial charge in [-0.25, -0.2) is 13.2 Å². The lowest BCUT2D eigenvalue weighted by Gasteiger charge is -2.21. The molecule has 2 aliphatic heterocycles. The van der Waals surface area contributed by atoms with Crippen LogP contribution in [0.25, 0.3) is 0 Å². The van der Waals surface area contributed by atoms with Crippen molar-refractivity contribution in [2.75, 3.05) is 4.72 Å². The minimum Gasteiger partial charge on any atom is -0.480 e. The number of carboxylic acids is 1. The lowest BCUT2D eigenvalue weighted by atomic mass is 10.1. The summed E-state index contributed by atoms with van der Waals surface area (Å²) in [5, 5.41) is 12.8. The van der Waals surface area contributed by atoms with Crippen molar-refractivity contribution in [3.63, 3.8) is 0 Å². The number of anilines is 1. The number of aliphatic carboxylic acids is 1. The first-order chi connectivity index (χ1) is 17.0. The van der Waals surface area contributed by atoms with Crippen molar-refractivity contribution in [3.05, 3.63) is 97.7 Å². The molecule has 0 spiro atoms. The molecule has 0 unspecified atom stereocenters. The summed E-state index contributed by atoms with van der Waals surface area (Å²) in [6, 6.07) is 7.27. The highest BCUT2D eigenvalue weighted by Crippen LogP contribution is 2.34. The molecule has 0 aromatic heterocycles. The second-order valence-corrected chi connectivity index (χ2v) is 11.3. The number of amides is 1. The average Bonchev–Trinajstić information content (AvgIpc) is 3.29.